The highest BCUT2D eigenvalue weighted by Gasteiger charge is 2.28. The summed E-state index contributed by atoms with van der Waals surface area (Å²) < 4.78 is 23.5. The molecule has 106 valence electrons. The monoisotopic (exact) mass is 307 g/mol. The van der Waals surface area contributed by atoms with E-state index < -0.39 is 33.0 Å². The molecular weight excluding hydrogens is 292 g/mol. The molecule has 9 nitrogen and oxygen atoms in total. The molecule has 1 rings (SSSR count). The van der Waals surface area contributed by atoms with Gasteiger partial charge in [-0.15, -0.1) is 0 Å². The predicted octanol–water partition coefficient (Wildman–Crippen LogP) is -2.11. The number of phenols is 1. The summed E-state index contributed by atoms with van der Waals surface area (Å²) in [4.78, 5) is 11.0. The van der Waals surface area contributed by atoms with E-state index in [9.17, 15) is 19.0 Å². The van der Waals surface area contributed by atoms with Crippen LogP contribution in [0.15, 0.2) is 12.1 Å². The molecule has 0 bridgehead atoms. The second kappa shape index (κ2) is 5.05. The van der Waals surface area contributed by atoms with Crippen LogP contribution in [0.4, 0.5) is 0 Å². The maximum atomic E-state index is 11.8. The van der Waals surface area contributed by atoms with Gasteiger partial charge < -0.3 is 10.8 Å². The molecule has 0 aliphatic heterocycles. The third kappa shape index (κ3) is 3.87. The van der Waals surface area contributed by atoms with Crippen molar-refractivity contribution in [2.24, 2.45) is 27.8 Å². The average Bonchev–Trinajstić information content (AvgIpc) is 2.16. The van der Waals surface area contributed by atoms with Crippen LogP contribution >= 0.6 is 14.9 Å². The molecule has 11 heteroatoms. The lowest BCUT2D eigenvalue weighted by atomic mass is 10.1. The van der Waals surface area contributed by atoms with Crippen LogP contribution in [-0.2, 0) is 20.3 Å². The van der Waals surface area contributed by atoms with Crippen LogP contribution in [0.25, 0.3) is 0 Å². The Morgan fingerprint density at radius 2 is 1.42 bits per heavy atom. The van der Waals surface area contributed by atoms with Gasteiger partial charge in [-0.2, -0.15) is 0 Å². The van der Waals surface area contributed by atoms with Gasteiger partial charge >= 0.3 is 0 Å². The lowest BCUT2D eigenvalue weighted by Crippen LogP contribution is -2.34. The molecule has 19 heavy (non-hydrogen) atoms. The molecule has 0 aliphatic rings. The Labute approximate surface area is 109 Å². The van der Waals surface area contributed by atoms with E-state index >= 15 is 0 Å². The van der Waals surface area contributed by atoms with Crippen LogP contribution < -0.4 is 38.4 Å². The summed E-state index contributed by atoms with van der Waals surface area (Å²) in [5.74, 6) is -1.24. The van der Waals surface area contributed by atoms with Crippen LogP contribution in [0.3, 0.4) is 0 Å². The van der Waals surface area contributed by atoms with E-state index in [1.165, 1.54) is 0 Å². The Bertz CT molecular complexity index is 577. The Kier molecular flexibility index (Phi) is 4.21. The number of carbonyl (C=O) groups is 1. The van der Waals surface area contributed by atoms with Gasteiger partial charge in [0, 0.05) is 10.6 Å². The van der Waals surface area contributed by atoms with Crippen molar-refractivity contribution in [1.29, 1.82) is 0 Å². The second-order valence-corrected chi connectivity index (χ2v) is 7.83. The molecule has 1 amide bonds. The van der Waals surface area contributed by atoms with Crippen molar-refractivity contribution in [2.75, 3.05) is 0 Å². The zero-order valence-electron chi connectivity index (χ0n) is 9.81. The number of hydrogen-bond donors (Lipinski definition) is 6. The molecule has 0 saturated heterocycles. The lowest BCUT2D eigenvalue weighted by molar-refractivity contribution is -0.117. The third-order valence-electron chi connectivity index (χ3n) is 2.29. The maximum absolute atomic E-state index is 11.8. The molecule has 0 saturated carbocycles. The first-order valence-electron chi connectivity index (χ1n) is 4.92. The fraction of sp³-hybridized carbons (Fsp3) is 0.125. The van der Waals surface area contributed by atoms with Crippen LogP contribution in [0.1, 0.15) is 5.56 Å². The second-order valence-electron chi connectivity index (χ2n) is 4.02. The Morgan fingerprint density at radius 1 is 1.05 bits per heavy atom. The van der Waals surface area contributed by atoms with Gasteiger partial charge in [0.25, 0.3) is 0 Å². The van der Waals surface area contributed by atoms with Crippen LogP contribution in [0, 0.1) is 0 Å². The topological polar surface area (TPSA) is 202 Å². The molecule has 0 atom stereocenters. The van der Waals surface area contributed by atoms with Gasteiger partial charge in [-0.1, -0.05) is 0 Å². The van der Waals surface area contributed by atoms with Crippen molar-refractivity contribution in [2.45, 2.75) is 6.42 Å². The highest BCUT2D eigenvalue weighted by molar-refractivity contribution is 7.68. The smallest absolute Gasteiger partial charge is 0.235 e. The third-order valence-corrected chi connectivity index (χ3v) is 4.60. The first-order chi connectivity index (χ1) is 8.43. The first kappa shape index (κ1) is 15.8. The highest BCUT2D eigenvalue weighted by atomic mass is 31.2. The molecule has 1 aromatic carbocycles. The van der Waals surface area contributed by atoms with E-state index in [4.69, 9.17) is 27.8 Å². The minimum atomic E-state index is -3.84. The summed E-state index contributed by atoms with van der Waals surface area (Å²) in [6.07, 6.45) is -0.457. The van der Waals surface area contributed by atoms with Crippen LogP contribution in [-0.4, -0.2) is 11.0 Å². The molecule has 0 fully saturated rings. The van der Waals surface area contributed by atoms with Gasteiger partial charge in [-0.25, -0.2) is 0 Å². The Morgan fingerprint density at radius 3 is 1.68 bits per heavy atom. The number of amides is 1. The van der Waals surface area contributed by atoms with Crippen molar-refractivity contribution in [3.8, 4) is 5.75 Å². The standard InChI is InChI=1S/C8H15N5O4P2/c9-8(15)3-5-6(18(10,11)16)1-4(14)2-7(5)19(12,13)17/h1-2,14H,3H2,(H2,9,15)(H4,10,11,16)(H4,12,13,17). The van der Waals surface area contributed by atoms with E-state index in [1.807, 2.05) is 0 Å². The molecule has 11 N–H and O–H groups in total. The molecule has 0 unspecified atom stereocenters. The zero-order valence-corrected chi connectivity index (χ0v) is 11.6. The number of hydrogen-bond acceptors (Lipinski definition) is 4. The van der Waals surface area contributed by atoms with Gasteiger partial charge in [0.1, 0.15) is 5.75 Å². The number of benzene rings is 1. The normalized spacial score (nSPS) is 12.4. The van der Waals surface area contributed by atoms with E-state index in [0.717, 1.165) is 12.1 Å². The number of phenolic OH excluding ortho intramolecular Hbond substituents is 1. The molecule has 1 aromatic rings. The van der Waals surface area contributed by atoms with Gasteiger partial charge in [0.15, 0.2) is 0 Å². The number of rotatable bonds is 4. The quantitative estimate of drug-likeness (QED) is 0.339. The van der Waals surface area contributed by atoms with E-state index in [0.29, 0.717) is 0 Å². The van der Waals surface area contributed by atoms with Gasteiger partial charge in [-0.05, 0) is 17.7 Å². The summed E-state index contributed by atoms with van der Waals surface area (Å²) >= 11 is 0. The lowest BCUT2D eigenvalue weighted by Gasteiger charge is -2.18. The van der Waals surface area contributed by atoms with Crippen molar-refractivity contribution in [1.82, 2.24) is 0 Å². The first-order valence-corrected chi connectivity index (χ1v) is 8.61. The van der Waals surface area contributed by atoms with Crippen LogP contribution in [0.5, 0.6) is 5.75 Å². The number of nitrogens with two attached hydrogens (primary N) is 5. The van der Waals surface area contributed by atoms with Crippen molar-refractivity contribution >= 4 is 31.4 Å². The molecular formula is C8H15N5O4P2. The molecule has 0 spiro atoms. The van der Waals surface area contributed by atoms with E-state index in [2.05, 4.69) is 0 Å². The fourth-order valence-electron chi connectivity index (χ4n) is 1.61. The minimum Gasteiger partial charge on any atom is -0.508 e. The largest absolute Gasteiger partial charge is 0.508 e. The predicted molar refractivity (Wildman–Crippen MR) is 72.2 cm³/mol. The number of aromatic hydroxyl groups is 1. The summed E-state index contributed by atoms with van der Waals surface area (Å²) in [6.45, 7) is 0. The van der Waals surface area contributed by atoms with Gasteiger partial charge in [0.05, 0.1) is 6.42 Å². The van der Waals surface area contributed by atoms with Crippen LogP contribution in [0.2, 0.25) is 0 Å². The summed E-state index contributed by atoms with van der Waals surface area (Å²) in [5, 5.41) is 9.02. The van der Waals surface area contributed by atoms with Gasteiger partial charge in [-0.3, -0.25) is 35.9 Å². The maximum Gasteiger partial charge on any atom is 0.235 e. The SMILES string of the molecule is NC(=O)Cc1c(P(N)(N)=O)cc(O)cc1P(N)(N)=O. The Balaban J connectivity index is 3.73. The molecule has 0 aromatic heterocycles. The summed E-state index contributed by atoms with van der Waals surface area (Å²) in [6, 6.07) is 2.00. The number of carbonyl (C=O) groups excluding carboxylic acids is 1. The fourth-order valence-corrected chi connectivity index (χ4v) is 3.61. The zero-order chi connectivity index (χ0) is 15.0. The highest BCUT2D eigenvalue weighted by Crippen LogP contribution is 2.33. The van der Waals surface area contributed by atoms with Crippen molar-refractivity contribution < 1.29 is 19.0 Å². The average molecular weight is 307 g/mol. The van der Waals surface area contributed by atoms with Crippen molar-refractivity contribution in [3.05, 3.63) is 17.7 Å². The minimum absolute atomic E-state index is 0.0769. The molecule has 0 aliphatic carbocycles. The van der Waals surface area contributed by atoms with E-state index in [1.54, 1.807) is 0 Å². The number of primary amides is 1. The van der Waals surface area contributed by atoms with E-state index in [-0.39, 0.29) is 16.2 Å². The summed E-state index contributed by atoms with van der Waals surface area (Å²) in [7, 11) is -7.67. The Hall–Kier alpha value is -1.21. The van der Waals surface area contributed by atoms with Crippen molar-refractivity contribution in [3.63, 3.8) is 0 Å². The van der Waals surface area contributed by atoms with Gasteiger partial charge in [0.2, 0.25) is 20.8 Å². The molecule has 0 radical (unpaired) electrons. The molecule has 0 heterocycles. The summed E-state index contributed by atoms with van der Waals surface area (Å²) in [5.41, 5.74) is 26.2.